The van der Waals surface area contributed by atoms with E-state index in [1.54, 1.807) is 30.2 Å². The highest BCUT2D eigenvalue weighted by atomic mass is 19.1. The Kier molecular flexibility index (Phi) is 4.50. The van der Waals surface area contributed by atoms with Gasteiger partial charge in [-0.1, -0.05) is 6.92 Å². The summed E-state index contributed by atoms with van der Waals surface area (Å²) in [4.78, 5) is 15.0. The van der Waals surface area contributed by atoms with E-state index in [-0.39, 0.29) is 30.6 Å². The molecule has 0 N–H and O–H groups in total. The standard InChI is InChI=1S/C24H22FNO4/c1-14-10-19(14)21-8-6-18(29-21)13-26(12-17-4-3-9-28-17)24(27)23-15(2)20-11-16(25)5-7-22(20)30-23/h3-9,11,14,19H,10,12-13H2,1-2H3. The summed E-state index contributed by atoms with van der Waals surface area (Å²) in [6.07, 6.45) is 2.71. The summed E-state index contributed by atoms with van der Waals surface area (Å²) >= 11 is 0. The van der Waals surface area contributed by atoms with Crippen molar-refractivity contribution in [2.45, 2.75) is 39.3 Å². The highest BCUT2D eigenvalue weighted by Crippen LogP contribution is 2.47. The molecule has 1 saturated carbocycles. The van der Waals surface area contributed by atoms with Gasteiger partial charge in [-0.2, -0.15) is 0 Å². The third-order valence-electron chi connectivity index (χ3n) is 5.81. The van der Waals surface area contributed by atoms with Crippen molar-refractivity contribution in [2.75, 3.05) is 0 Å². The summed E-state index contributed by atoms with van der Waals surface area (Å²) in [5.41, 5.74) is 1.10. The van der Waals surface area contributed by atoms with Crippen molar-refractivity contribution in [2.24, 2.45) is 5.92 Å². The second-order valence-electron chi connectivity index (χ2n) is 8.06. The van der Waals surface area contributed by atoms with Gasteiger partial charge >= 0.3 is 0 Å². The lowest BCUT2D eigenvalue weighted by atomic mass is 10.1. The fourth-order valence-electron chi connectivity index (χ4n) is 3.92. The molecular formula is C24H22FNO4. The predicted molar refractivity (Wildman–Crippen MR) is 108 cm³/mol. The fraction of sp³-hybridized carbons (Fsp3) is 0.292. The third kappa shape index (κ3) is 3.43. The van der Waals surface area contributed by atoms with Crippen molar-refractivity contribution in [3.8, 4) is 0 Å². The van der Waals surface area contributed by atoms with Gasteiger partial charge in [-0.25, -0.2) is 4.39 Å². The molecule has 0 aliphatic heterocycles. The lowest BCUT2D eigenvalue weighted by Crippen LogP contribution is -2.30. The van der Waals surface area contributed by atoms with E-state index in [0.717, 1.165) is 12.2 Å². The van der Waals surface area contributed by atoms with Gasteiger partial charge < -0.3 is 18.2 Å². The van der Waals surface area contributed by atoms with Gasteiger partial charge in [-0.3, -0.25) is 4.79 Å². The highest BCUT2D eigenvalue weighted by molar-refractivity contribution is 5.98. The van der Waals surface area contributed by atoms with Crippen LogP contribution in [0.2, 0.25) is 0 Å². The number of halogens is 1. The Balaban J connectivity index is 1.46. The lowest BCUT2D eigenvalue weighted by molar-refractivity contribution is 0.0673. The van der Waals surface area contributed by atoms with E-state index in [1.807, 2.05) is 18.2 Å². The molecule has 0 spiro atoms. The summed E-state index contributed by atoms with van der Waals surface area (Å²) in [6, 6.07) is 11.8. The van der Waals surface area contributed by atoms with Gasteiger partial charge in [0.05, 0.1) is 19.4 Å². The van der Waals surface area contributed by atoms with Crippen LogP contribution in [0, 0.1) is 18.7 Å². The molecule has 154 valence electrons. The monoisotopic (exact) mass is 407 g/mol. The van der Waals surface area contributed by atoms with Crippen LogP contribution >= 0.6 is 0 Å². The van der Waals surface area contributed by atoms with Crippen LogP contribution in [-0.2, 0) is 13.1 Å². The molecule has 1 aromatic carbocycles. The topological polar surface area (TPSA) is 59.7 Å². The van der Waals surface area contributed by atoms with Crippen molar-refractivity contribution in [3.05, 3.63) is 83.1 Å². The van der Waals surface area contributed by atoms with Gasteiger partial charge in [-0.15, -0.1) is 0 Å². The predicted octanol–water partition coefficient (Wildman–Crippen LogP) is 6.03. The third-order valence-corrected chi connectivity index (χ3v) is 5.81. The van der Waals surface area contributed by atoms with Crippen LogP contribution < -0.4 is 0 Å². The van der Waals surface area contributed by atoms with E-state index in [2.05, 4.69) is 6.92 Å². The number of carbonyl (C=O) groups is 1. The Labute approximate surface area is 173 Å². The van der Waals surface area contributed by atoms with Gasteiger partial charge in [0.2, 0.25) is 0 Å². The second-order valence-corrected chi connectivity index (χ2v) is 8.06. The zero-order valence-corrected chi connectivity index (χ0v) is 16.9. The molecule has 2 atom stereocenters. The van der Waals surface area contributed by atoms with Gasteiger partial charge in [0, 0.05) is 16.9 Å². The first-order chi connectivity index (χ1) is 14.5. The molecule has 3 aromatic heterocycles. The van der Waals surface area contributed by atoms with Crippen LogP contribution in [0.4, 0.5) is 4.39 Å². The number of aryl methyl sites for hydroxylation is 1. The number of fused-ring (bicyclic) bond motifs is 1. The lowest BCUT2D eigenvalue weighted by Gasteiger charge is -2.20. The molecule has 1 fully saturated rings. The minimum Gasteiger partial charge on any atom is -0.467 e. The van der Waals surface area contributed by atoms with E-state index in [4.69, 9.17) is 13.3 Å². The molecule has 1 aliphatic rings. The minimum absolute atomic E-state index is 0.199. The molecule has 5 rings (SSSR count). The zero-order chi connectivity index (χ0) is 20.8. The molecular weight excluding hydrogens is 385 g/mol. The second kappa shape index (κ2) is 7.20. The quantitative estimate of drug-likeness (QED) is 0.391. The molecule has 3 heterocycles. The molecule has 2 unspecified atom stereocenters. The summed E-state index contributed by atoms with van der Waals surface area (Å²) < 4.78 is 30.9. The number of nitrogens with zero attached hydrogens (tertiary/aromatic N) is 1. The van der Waals surface area contributed by atoms with Gasteiger partial charge in [-0.05, 0) is 61.7 Å². The minimum atomic E-state index is -0.366. The largest absolute Gasteiger partial charge is 0.467 e. The molecule has 30 heavy (non-hydrogen) atoms. The van der Waals surface area contributed by atoms with Crippen molar-refractivity contribution in [1.29, 1.82) is 0 Å². The Hall–Kier alpha value is -3.28. The number of rotatable bonds is 6. The first-order valence-electron chi connectivity index (χ1n) is 10.1. The number of hydrogen-bond acceptors (Lipinski definition) is 4. The van der Waals surface area contributed by atoms with Crippen LogP contribution in [-0.4, -0.2) is 10.8 Å². The fourth-order valence-corrected chi connectivity index (χ4v) is 3.92. The number of carbonyl (C=O) groups excluding carboxylic acids is 1. The first kappa shape index (κ1) is 18.7. The van der Waals surface area contributed by atoms with Crippen LogP contribution in [0.5, 0.6) is 0 Å². The molecule has 6 heteroatoms. The van der Waals surface area contributed by atoms with Crippen LogP contribution in [0.1, 0.15) is 52.7 Å². The highest BCUT2D eigenvalue weighted by Gasteiger charge is 2.36. The Morgan fingerprint density at radius 3 is 2.67 bits per heavy atom. The maximum Gasteiger partial charge on any atom is 0.290 e. The van der Waals surface area contributed by atoms with Gasteiger partial charge in [0.25, 0.3) is 5.91 Å². The Morgan fingerprint density at radius 2 is 1.93 bits per heavy atom. The summed E-state index contributed by atoms with van der Waals surface area (Å²) in [5, 5.41) is 0.597. The normalized spacial score (nSPS) is 18.1. The smallest absolute Gasteiger partial charge is 0.290 e. The maximum atomic E-state index is 13.7. The molecule has 0 radical (unpaired) electrons. The van der Waals surface area contributed by atoms with Crippen molar-refractivity contribution < 1.29 is 22.4 Å². The van der Waals surface area contributed by atoms with E-state index in [9.17, 15) is 9.18 Å². The average molecular weight is 407 g/mol. The average Bonchev–Trinajstić information content (AvgIpc) is 3.14. The number of amides is 1. The van der Waals surface area contributed by atoms with Crippen LogP contribution in [0.15, 0.2) is 62.0 Å². The van der Waals surface area contributed by atoms with E-state index in [0.29, 0.717) is 39.9 Å². The first-order valence-corrected chi connectivity index (χ1v) is 10.1. The Morgan fingerprint density at radius 1 is 1.13 bits per heavy atom. The van der Waals surface area contributed by atoms with Crippen LogP contribution in [0.3, 0.4) is 0 Å². The summed E-state index contributed by atoms with van der Waals surface area (Å²) in [6.45, 7) is 4.52. The molecule has 1 aliphatic carbocycles. The van der Waals surface area contributed by atoms with E-state index in [1.165, 1.54) is 12.1 Å². The van der Waals surface area contributed by atoms with Gasteiger partial charge in [0.15, 0.2) is 5.76 Å². The van der Waals surface area contributed by atoms with Crippen molar-refractivity contribution in [1.82, 2.24) is 4.90 Å². The van der Waals surface area contributed by atoms with Crippen LogP contribution in [0.25, 0.3) is 11.0 Å². The van der Waals surface area contributed by atoms with Gasteiger partial charge in [0.1, 0.15) is 28.7 Å². The summed E-state index contributed by atoms with van der Waals surface area (Å²) in [5.74, 6) is 3.00. The number of benzene rings is 1. The summed E-state index contributed by atoms with van der Waals surface area (Å²) in [7, 11) is 0. The molecule has 0 saturated heterocycles. The molecule has 4 aromatic rings. The molecule has 1 amide bonds. The number of hydrogen-bond donors (Lipinski definition) is 0. The van der Waals surface area contributed by atoms with E-state index < -0.39 is 0 Å². The van der Waals surface area contributed by atoms with Crippen molar-refractivity contribution >= 4 is 16.9 Å². The Bertz CT molecular complexity index is 1200. The SMILES string of the molecule is Cc1c(C(=O)N(Cc2ccco2)Cc2ccc(C3CC3C)o2)oc2ccc(F)cc12. The zero-order valence-electron chi connectivity index (χ0n) is 16.9. The molecule has 5 nitrogen and oxygen atoms in total. The molecule has 0 bridgehead atoms. The number of furan rings is 3. The maximum absolute atomic E-state index is 13.7. The van der Waals surface area contributed by atoms with Crippen molar-refractivity contribution in [3.63, 3.8) is 0 Å². The van der Waals surface area contributed by atoms with E-state index >= 15 is 0 Å².